The van der Waals surface area contributed by atoms with Crippen LogP contribution in [0.1, 0.15) is 26.3 Å². The standard InChI is InChI=1S/C21H33NO4Si/c1-8-18-19(24-15-23-5)17(14-25-27(6,7)21(2,3)4)22-20(26-18)16-12-10-9-11-13-16/h8-13,17-19H,1,14-15H2,2-7H3/t17-,18-,19-/m0/s1. The molecule has 0 fully saturated rings. The average Bonchev–Trinajstić information content (AvgIpc) is 2.64. The molecule has 0 amide bonds. The third-order valence-electron chi connectivity index (χ3n) is 5.29. The fourth-order valence-corrected chi connectivity index (χ4v) is 3.59. The molecule has 1 heterocycles. The van der Waals surface area contributed by atoms with Crippen molar-refractivity contribution in [3.05, 3.63) is 48.6 Å². The van der Waals surface area contributed by atoms with Gasteiger partial charge in [-0.2, -0.15) is 0 Å². The van der Waals surface area contributed by atoms with Crippen LogP contribution in [0.15, 0.2) is 48.0 Å². The van der Waals surface area contributed by atoms with Crippen molar-refractivity contribution in [3.63, 3.8) is 0 Å². The Bertz CT molecular complexity index is 639. The van der Waals surface area contributed by atoms with Crippen molar-refractivity contribution in [2.75, 3.05) is 20.5 Å². The van der Waals surface area contributed by atoms with Gasteiger partial charge >= 0.3 is 0 Å². The van der Waals surface area contributed by atoms with Gasteiger partial charge in [-0.15, -0.1) is 0 Å². The number of hydrogen-bond acceptors (Lipinski definition) is 5. The van der Waals surface area contributed by atoms with Crippen LogP contribution in [0.4, 0.5) is 0 Å². The van der Waals surface area contributed by atoms with E-state index in [9.17, 15) is 0 Å². The fourth-order valence-electron chi connectivity index (χ4n) is 2.57. The maximum atomic E-state index is 6.44. The van der Waals surface area contributed by atoms with Crippen LogP contribution in [0.3, 0.4) is 0 Å². The van der Waals surface area contributed by atoms with E-state index in [0.29, 0.717) is 12.5 Å². The predicted octanol–water partition coefficient (Wildman–Crippen LogP) is 4.40. The highest BCUT2D eigenvalue weighted by molar-refractivity contribution is 6.74. The number of hydrogen-bond donors (Lipinski definition) is 0. The highest BCUT2D eigenvalue weighted by atomic mass is 28.4. The van der Waals surface area contributed by atoms with E-state index < -0.39 is 8.32 Å². The molecule has 2 rings (SSSR count). The maximum absolute atomic E-state index is 6.44. The zero-order valence-corrected chi connectivity index (χ0v) is 18.4. The summed E-state index contributed by atoms with van der Waals surface area (Å²) in [6.07, 6.45) is 1.14. The Hall–Kier alpha value is -1.47. The van der Waals surface area contributed by atoms with Gasteiger partial charge in [0.1, 0.15) is 25.0 Å². The molecule has 0 spiro atoms. The normalized spacial score (nSPS) is 23.5. The molecule has 0 aliphatic carbocycles. The largest absolute Gasteiger partial charge is 0.467 e. The van der Waals surface area contributed by atoms with Crippen LogP contribution in [0, 0.1) is 0 Å². The van der Waals surface area contributed by atoms with Crippen LogP contribution in [-0.4, -0.2) is 53.0 Å². The number of aliphatic imine (C=N–C) groups is 1. The number of methoxy groups -OCH3 is 1. The van der Waals surface area contributed by atoms with Crippen molar-refractivity contribution in [1.29, 1.82) is 0 Å². The van der Waals surface area contributed by atoms with Crippen LogP contribution >= 0.6 is 0 Å². The lowest BCUT2D eigenvalue weighted by Crippen LogP contribution is -2.50. The topological polar surface area (TPSA) is 49.3 Å². The van der Waals surface area contributed by atoms with Crippen molar-refractivity contribution >= 4 is 14.2 Å². The summed E-state index contributed by atoms with van der Waals surface area (Å²) in [5.41, 5.74) is 0.937. The lowest BCUT2D eigenvalue weighted by Gasteiger charge is -2.39. The maximum Gasteiger partial charge on any atom is 0.217 e. The highest BCUT2D eigenvalue weighted by Gasteiger charge is 2.41. The molecule has 3 atom stereocenters. The molecular formula is C21H33NO4Si. The van der Waals surface area contributed by atoms with Crippen LogP contribution in [0.25, 0.3) is 0 Å². The Morgan fingerprint density at radius 2 is 1.89 bits per heavy atom. The van der Waals surface area contributed by atoms with E-state index in [-0.39, 0.29) is 30.1 Å². The Morgan fingerprint density at radius 1 is 1.22 bits per heavy atom. The third-order valence-corrected chi connectivity index (χ3v) is 9.79. The van der Waals surface area contributed by atoms with Gasteiger partial charge < -0.3 is 18.6 Å². The van der Waals surface area contributed by atoms with E-state index in [1.54, 1.807) is 13.2 Å². The summed E-state index contributed by atoms with van der Waals surface area (Å²) in [6.45, 7) is 15.7. The minimum atomic E-state index is -1.91. The molecule has 0 bridgehead atoms. The highest BCUT2D eigenvalue weighted by Crippen LogP contribution is 2.37. The summed E-state index contributed by atoms with van der Waals surface area (Å²) >= 11 is 0. The Balaban J connectivity index is 2.28. The first-order valence-electron chi connectivity index (χ1n) is 9.36. The first kappa shape index (κ1) is 21.8. The van der Waals surface area contributed by atoms with Gasteiger partial charge in [-0.1, -0.05) is 45.5 Å². The quantitative estimate of drug-likeness (QED) is 0.374. The minimum absolute atomic E-state index is 0.130. The lowest BCUT2D eigenvalue weighted by molar-refractivity contribution is -0.116. The number of rotatable bonds is 8. The van der Waals surface area contributed by atoms with Gasteiger partial charge in [0.05, 0.1) is 6.61 Å². The molecule has 1 aromatic rings. The van der Waals surface area contributed by atoms with Gasteiger partial charge in [-0.25, -0.2) is 4.99 Å². The number of ether oxygens (including phenoxy) is 3. The third kappa shape index (κ3) is 5.51. The number of benzene rings is 1. The van der Waals surface area contributed by atoms with Gasteiger partial charge in [-0.3, -0.25) is 0 Å². The molecule has 5 nitrogen and oxygen atoms in total. The smallest absolute Gasteiger partial charge is 0.217 e. The lowest BCUT2D eigenvalue weighted by atomic mass is 10.0. The van der Waals surface area contributed by atoms with Crippen molar-refractivity contribution in [2.45, 2.75) is 57.2 Å². The molecule has 0 aromatic heterocycles. The van der Waals surface area contributed by atoms with Crippen LogP contribution in [0.2, 0.25) is 18.1 Å². The molecule has 150 valence electrons. The molecule has 27 heavy (non-hydrogen) atoms. The first-order chi connectivity index (χ1) is 12.7. The van der Waals surface area contributed by atoms with E-state index in [4.69, 9.17) is 23.6 Å². The predicted molar refractivity (Wildman–Crippen MR) is 112 cm³/mol. The molecule has 1 aliphatic heterocycles. The van der Waals surface area contributed by atoms with E-state index in [1.165, 1.54) is 0 Å². The van der Waals surface area contributed by atoms with Crippen molar-refractivity contribution < 1.29 is 18.6 Å². The Morgan fingerprint density at radius 3 is 2.44 bits per heavy atom. The van der Waals surface area contributed by atoms with Crippen molar-refractivity contribution in [2.24, 2.45) is 4.99 Å². The van der Waals surface area contributed by atoms with Gasteiger partial charge in [0.15, 0.2) is 8.32 Å². The second-order valence-electron chi connectivity index (χ2n) is 8.29. The van der Waals surface area contributed by atoms with E-state index in [1.807, 2.05) is 30.3 Å². The van der Waals surface area contributed by atoms with Crippen LogP contribution in [0.5, 0.6) is 0 Å². The minimum Gasteiger partial charge on any atom is -0.467 e. The van der Waals surface area contributed by atoms with E-state index in [0.717, 1.165) is 5.56 Å². The van der Waals surface area contributed by atoms with Crippen LogP contribution < -0.4 is 0 Å². The van der Waals surface area contributed by atoms with Gasteiger partial charge in [0, 0.05) is 12.7 Å². The van der Waals surface area contributed by atoms with Gasteiger partial charge in [0.25, 0.3) is 0 Å². The summed E-state index contributed by atoms with van der Waals surface area (Å²) in [5.74, 6) is 0.599. The van der Waals surface area contributed by atoms with Gasteiger partial charge in [0.2, 0.25) is 5.90 Å². The monoisotopic (exact) mass is 391 g/mol. The summed E-state index contributed by atoms with van der Waals surface area (Å²) in [6, 6.07) is 9.70. The number of nitrogens with zero attached hydrogens (tertiary/aromatic N) is 1. The Labute approximate surface area is 164 Å². The zero-order valence-electron chi connectivity index (χ0n) is 17.4. The SMILES string of the molecule is C=C[C@@H]1OC(c2ccccc2)=N[C@@H](CO[Si](C)(C)C(C)(C)C)[C@@H]1OCOC. The van der Waals surface area contributed by atoms with Crippen LogP contribution in [-0.2, 0) is 18.6 Å². The summed E-state index contributed by atoms with van der Waals surface area (Å²) in [4.78, 5) is 4.83. The molecular weight excluding hydrogens is 358 g/mol. The second-order valence-corrected chi connectivity index (χ2v) is 13.1. The summed E-state index contributed by atoms with van der Waals surface area (Å²) < 4.78 is 23.5. The second kappa shape index (κ2) is 9.15. The van der Waals surface area contributed by atoms with Gasteiger partial charge in [-0.05, 0) is 36.3 Å². The van der Waals surface area contributed by atoms with E-state index in [2.05, 4.69) is 40.4 Å². The molecule has 1 aliphatic rings. The average molecular weight is 392 g/mol. The molecule has 0 saturated heterocycles. The Kier molecular flexibility index (Phi) is 7.39. The van der Waals surface area contributed by atoms with Crippen molar-refractivity contribution in [3.8, 4) is 0 Å². The zero-order chi connectivity index (χ0) is 20.1. The molecule has 0 saturated carbocycles. The summed E-state index contributed by atoms with van der Waals surface area (Å²) in [7, 11) is -0.302. The molecule has 1 aromatic carbocycles. The fraction of sp³-hybridized carbons (Fsp3) is 0.571. The molecule has 0 unspecified atom stereocenters. The van der Waals surface area contributed by atoms with Crippen molar-refractivity contribution in [1.82, 2.24) is 0 Å². The summed E-state index contributed by atoms with van der Waals surface area (Å²) in [5, 5.41) is 0.130. The van der Waals surface area contributed by atoms with E-state index >= 15 is 0 Å². The molecule has 6 heteroatoms. The first-order valence-corrected chi connectivity index (χ1v) is 12.3. The molecule has 0 radical (unpaired) electrons. The molecule has 0 N–H and O–H groups in total.